The Morgan fingerprint density at radius 3 is 2.30 bits per heavy atom. The monoisotopic (exact) mass is 522 g/mol. The molecule has 0 saturated carbocycles. The van der Waals surface area contributed by atoms with Crippen molar-refractivity contribution in [3.8, 4) is 0 Å². The van der Waals surface area contributed by atoms with Crippen LogP contribution in [0.25, 0.3) is 10.9 Å². The largest absolute Gasteiger partial charge is 0.311 e. The van der Waals surface area contributed by atoms with Crippen molar-refractivity contribution in [1.82, 2.24) is 9.55 Å². The van der Waals surface area contributed by atoms with Gasteiger partial charge in [-0.25, -0.2) is 13.4 Å². The lowest BCUT2D eigenvalue weighted by Crippen LogP contribution is -2.19. The first kappa shape index (κ1) is 25.2. The van der Waals surface area contributed by atoms with Crippen LogP contribution in [0.15, 0.2) is 82.6 Å². The summed E-state index contributed by atoms with van der Waals surface area (Å²) in [5.41, 5.74) is 2.92. The molecule has 2 aromatic heterocycles. The van der Waals surface area contributed by atoms with Crippen molar-refractivity contribution in [3.63, 3.8) is 0 Å². The Bertz CT molecular complexity index is 1440. The summed E-state index contributed by atoms with van der Waals surface area (Å²) in [7, 11) is -3.37. The molecule has 0 aliphatic rings. The minimum atomic E-state index is -3.37. The molecule has 0 spiro atoms. The van der Waals surface area contributed by atoms with Gasteiger partial charge >= 0.3 is 0 Å². The number of hydrogen-bond acceptors (Lipinski definition) is 4. The first-order chi connectivity index (χ1) is 15.7. The third-order valence-electron chi connectivity index (χ3n) is 4.82. The number of hydrogen-bond donors (Lipinski definition) is 0. The molecule has 0 radical (unpaired) electrons. The zero-order valence-corrected chi connectivity index (χ0v) is 20.8. The molecule has 9 heteroatoms. The molecule has 172 valence electrons. The number of nitrogens with zero attached hydrogens (tertiary/aromatic N) is 2. The van der Waals surface area contributed by atoms with Crippen LogP contribution in [0.3, 0.4) is 0 Å². The van der Waals surface area contributed by atoms with Crippen molar-refractivity contribution in [2.75, 3.05) is 6.26 Å². The lowest BCUT2D eigenvalue weighted by atomic mass is 10.1. The van der Waals surface area contributed by atoms with Crippen LogP contribution in [0.2, 0.25) is 5.15 Å². The number of rotatable bonds is 5. The second-order valence-electron chi connectivity index (χ2n) is 7.28. The van der Waals surface area contributed by atoms with E-state index in [9.17, 15) is 13.2 Å². The van der Waals surface area contributed by atoms with Crippen molar-refractivity contribution in [1.29, 1.82) is 0 Å². The van der Waals surface area contributed by atoms with Gasteiger partial charge in [0.15, 0.2) is 9.84 Å². The molecule has 0 amide bonds. The predicted octanol–water partition coefficient (Wildman–Crippen LogP) is 5.67. The fraction of sp³-hybridized carbons (Fsp3) is 0.167. The average molecular weight is 524 g/mol. The van der Waals surface area contributed by atoms with Crippen molar-refractivity contribution < 1.29 is 8.42 Å². The maximum atomic E-state index is 11.9. The smallest absolute Gasteiger partial charge is 0.250 e. The summed E-state index contributed by atoms with van der Waals surface area (Å²) in [6.45, 7) is 0.213. The SMILES string of the molecule is CS(=O)(=O)c1cc(CCl)ccc1Cn1ccccc1=O.ClCc1cc2ccccc2nc1Cl. The van der Waals surface area contributed by atoms with Gasteiger partial charge in [-0.15, -0.1) is 23.2 Å². The van der Waals surface area contributed by atoms with Crippen molar-refractivity contribution in [2.24, 2.45) is 0 Å². The Hall–Kier alpha value is -2.38. The Balaban J connectivity index is 0.000000203. The molecule has 2 heterocycles. The highest BCUT2D eigenvalue weighted by Crippen LogP contribution is 2.22. The highest BCUT2D eigenvalue weighted by atomic mass is 35.5. The van der Waals surface area contributed by atoms with E-state index in [1.807, 2.05) is 30.3 Å². The molecule has 0 fully saturated rings. The van der Waals surface area contributed by atoms with Gasteiger partial charge in [0.2, 0.25) is 0 Å². The van der Waals surface area contributed by atoms with Gasteiger partial charge in [-0.3, -0.25) is 4.79 Å². The zero-order chi connectivity index (χ0) is 24.0. The van der Waals surface area contributed by atoms with E-state index in [1.54, 1.807) is 36.5 Å². The maximum Gasteiger partial charge on any atom is 0.250 e. The molecule has 4 rings (SSSR count). The average Bonchev–Trinajstić information content (AvgIpc) is 2.80. The summed E-state index contributed by atoms with van der Waals surface area (Å²) in [5.74, 6) is 0.644. The summed E-state index contributed by atoms with van der Waals surface area (Å²) in [5, 5.41) is 1.57. The van der Waals surface area contributed by atoms with E-state index >= 15 is 0 Å². The molecule has 4 aromatic rings. The number of aromatic nitrogens is 2. The van der Waals surface area contributed by atoms with Crippen LogP contribution >= 0.6 is 34.8 Å². The molecule has 0 unspecified atom stereocenters. The molecule has 0 atom stereocenters. The molecular weight excluding hydrogens is 503 g/mol. The van der Waals surface area contributed by atoms with E-state index in [0.717, 1.165) is 28.3 Å². The number of alkyl halides is 2. The Kier molecular flexibility index (Phi) is 8.54. The molecule has 0 saturated heterocycles. The third-order valence-corrected chi connectivity index (χ3v) is 6.92. The molecule has 0 bridgehead atoms. The van der Waals surface area contributed by atoms with Crippen LogP contribution < -0.4 is 5.56 Å². The number of para-hydroxylation sites is 1. The minimum absolute atomic E-state index is 0.173. The highest BCUT2D eigenvalue weighted by molar-refractivity contribution is 7.90. The van der Waals surface area contributed by atoms with E-state index in [4.69, 9.17) is 34.8 Å². The molecule has 2 aromatic carbocycles. The van der Waals surface area contributed by atoms with Gasteiger partial charge < -0.3 is 4.57 Å². The quantitative estimate of drug-likeness (QED) is 0.250. The zero-order valence-electron chi connectivity index (χ0n) is 17.7. The Labute approximate surface area is 207 Å². The maximum absolute atomic E-state index is 11.9. The van der Waals surface area contributed by atoms with Crippen molar-refractivity contribution >= 4 is 55.5 Å². The molecule has 33 heavy (non-hydrogen) atoms. The first-order valence-electron chi connectivity index (χ1n) is 9.86. The van der Waals surface area contributed by atoms with E-state index in [2.05, 4.69) is 4.98 Å². The second kappa shape index (κ2) is 11.2. The lowest BCUT2D eigenvalue weighted by molar-refractivity contribution is 0.599. The van der Waals surface area contributed by atoms with Gasteiger partial charge in [0.25, 0.3) is 5.56 Å². The number of fused-ring (bicyclic) bond motifs is 1. The van der Waals surface area contributed by atoms with E-state index in [1.165, 1.54) is 10.6 Å². The van der Waals surface area contributed by atoms with E-state index < -0.39 is 9.84 Å². The summed E-state index contributed by atoms with van der Waals surface area (Å²) in [6, 6.07) is 19.6. The Morgan fingerprint density at radius 2 is 1.64 bits per heavy atom. The predicted molar refractivity (Wildman–Crippen MR) is 135 cm³/mol. The highest BCUT2D eigenvalue weighted by Gasteiger charge is 2.14. The summed E-state index contributed by atoms with van der Waals surface area (Å²) < 4.78 is 25.2. The van der Waals surface area contributed by atoms with Crippen LogP contribution in [-0.4, -0.2) is 24.2 Å². The van der Waals surface area contributed by atoms with E-state index in [-0.39, 0.29) is 22.9 Å². The van der Waals surface area contributed by atoms with Crippen molar-refractivity contribution in [2.45, 2.75) is 23.2 Å². The lowest BCUT2D eigenvalue weighted by Gasteiger charge is -2.11. The molecule has 0 aliphatic heterocycles. The molecule has 5 nitrogen and oxygen atoms in total. The van der Waals surface area contributed by atoms with Crippen LogP contribution in [-0.2, 0) is 28.1 Å². The number of pyridine rings is 2. The summed E-state index contributed by atoms with van der Waals surface area (Å²) in [6.07, 6.45) is 2.78. The van der Waals surface area contributed by atoms with Crippen LogP contribution in [0.1, 0.15) is 16.7 Å². The Morgan fingerprint density at radius 1 is 0.909 bits per heavy atom. The van der Waals surface area contributed by atoms with Gasteiger partial charge in [-0.1, -0.05) is 48.0 Å². The second-order valence-corrected chi connectivity index (χ2v) is 10.2. The standard InChI is InChI=1S/C14H14ClNO3S.C10H7Cl2N/c1-20(18,19)13-8-11(9-15)5-6-12(13)10-16-7-3-2-4-14(16)17;11-6-8-5-7-3-1-2-4-9(7)13-10(8)12/h2-8H,9-10H2,1H3;1-5H,6H2. The summed E-state index contributed by atoms with van der Waals surface area (Å²) >= 11 is 17.4. The fourth-order valence-electron chi connectivity index (χ4n) is 3.16. The molecular formula is C24H21Cl3N2O3S. The number of benzene rings is 2. The van der Waals surface area contributed by atoms with Gasteiger partial charge in [-0.2, -0.15) is 0 Å². The van der Waals surface area contributed by atoms with Crippen molar-refractivity contribution in [3.05, 3.63) is 105 Å². The topological polar surface area (TPSA) is 69.0 Å². The van der Waals surface area contributed by atoms with Crippen LogP contribution in [0, 0.1) is 0 Å². The van der Waals surface area contributed by atoms with Gasteiger partial charge in [-0.05, 0) is 35.4 Å². The van der Waals surface area contributed by atoms with Crippen LogP contribution in [0.5, 0.6) is 0 Å². The number of sulfone groups is 1. The normalized spacial score (nSPS) is 11.2. The molecule has 0 N–H and O–H groups in total. The van der Waals surface area contributed by atoms with Gasteiger partial charge in [0.05, 0.1) is 22.8 Å². The van der Waals surface area contributed by atoms with Crippen LogP contribution in [0.4, 0.5) is 0 Å². The van der Waals surface area contributed by atoms with Gasteiger partial charge in [0.1, 0.15) is 5.15 Å². The third kappa shape index (κ3) is 6.58. The molecule has 0 aliphatic carbocycles. The first-order valence-corrected chi connectivity index (χ1v) is 13.2. The fourth-order valence-corrected chi connectivity index (χ4v) is 4.79. The van der Waals surface area contributed by atoms with E-state index in [0.29, 0.717) is 16.6 Å². The minimum Gasteiger partial charge on any atom is -0.311 e. The van der Waals surface area contributed by atoms with Gasteiger partial charge in [0, 0.05) is 35.3 Å². The number of halogens is 3. The summed E-state index contributed by atoms with van der Waals surface area (Å²) in [4.78, 5) is 16.1.